The third-order valence-corrected chi connectivity index (χ3v) is 6.52. The highest BCUT2D eigenvalue weighted by molar-refractivity contribution is 5.93. The number of aliphatic hydroxyl groups is 1. The van der Waals surface area contributed by atoms with Crippen LogP contribution < -0.4 is 30.5 Å². The number of amides is 2. The first-order valence-electron chi connectivity index (χ1n) is 12.3. The molecule has 13 nitrogen and oxygen atoms in total. The Hall–Kier alpha value is -3.59. The van der Waals surface area contributed by atoms with E-state index in [1.54, 1.807) is 11.0 Å². The molecule has 2 aromatic rings. The third kappa shape index (κ3) is 5.93. The van der Waals surface area contributed by atoms with Crippen LogP contribution in [0.5, 0.6) is 11.6 Å². The van der Waals surface area contributed by atoms with Crippen molar-refractivity contribution in [2.75, 3.05) is 50.2 Å². The summed E-state index contributed by atoms with van der Waals surface area (Å²) in [6, 6.07) is 3.08. The molecule has 1 aromatic carbocycles. The van der Waals surface area contributed by atoms with E-state index in [9.17, 15) is 19.1 Å². The Labute approximate surface area is 217 Å². The molecule has 38 heavy (non-hydrogen) atoms. The molecule has 4 N–H and O–H groups in total. The summed E-state index contributed by atoms with van der Waals surface area (Å²) < 4.78 is 30.9. The number of nitrogens with zero attached hydrogens (tertiary/aromatic N) is 3. The fourth-order valence-corrected chi connectivity index (χ4v) is 4.80. The van der Waals surface area contributed by atoms with Gasteiger partial charge in [0.1, 0.15) is 11.6 Å². The van der Waals surface area contributed by atoms with E-state index >= 15 is 0 Å². The first-order chi connectivity index (χ1) is 18.4. The number of anilines is 2. The minimum atomic E-state index is -1.18. The Morgan fingerprint density at radius 2 is 2.24 bits per heavy atom. The zero-order valence-electron chi connectivity index (χ0n) is 20.7. The first kappa shape index (κ1) is 26.0. The second-order valence-corrected chi connectivity index (χ2v) is 9.28. The highest BCUT2D eigenvalue weighted by Crippen LogP contribution is 2.32. The molecule has 2 aliphatic heterocycles. The summed E-state index contributed by atoms with van der Waals surface area (Å²) in [5, 5.41) is 16.4. The summed E-state index contributed by atoms with van der Waals surface area (Å²) >= 11 is 0. The zero-order valence-corrected chi connectivity index (χ0v) is 20.7. The Morgan fingerprint density at radius 1 is 1.37 bits per heavy atom. The topological polar surface area (TPSA) is 156 Å². The predicted molar refractivity (Wildman–Crippen MR) is 130 cm³/mol. The van der Waals surface area contributed by atoms with E-state index in [0.717, 1.165) is 5.56 Å². The largest absolute Gasteiger partial charge is 0.484 e. The molecule has 1 aromatic heterocycles. The molecule has 1 saturated heterocycles. The second kappa shape index (κ2) is 11.4. The molecule has 0 radical (unpaired) electrons. The summed E-state index contributed by atoms with van der Waals surface area (Å²) in [7, 11) is 1.32. The van der Waals surface area contributed by atoms with Crippen LogP contribution in [0.4, 0.5) is 16.0 Å². The summed E-state index contributed by atoms with van der Waals surface area (Å²) in [6.07, 6.45) is 1.99. The molecular weight excluding hydrogens is 503 g/mol. The Balaban J connectivity index is 1.06. The summed E-state index contributed by atoms with van der Waals surface area (Å²) in [5.41, 5.74) is 3.70. The van der Waals surface area contributed by atoms with Crippen molar-refractivity contribution in [2.24, 2.45) is 5.92 Å². The SMILES string of the molecule is CONC(=O)COc1cc(F)c2c(c1)CC(CNCCC1CN(c3cnc4c(n3)NC(=O)CO4)C(O)O1)C2. The molecule has 3 unspecified atom stereocenters. The molecule has 0 spiro atoms. The van der Waals surface area contributed by atoms with Crippen molar-refractivity contribution in [3.63, 3.8) is 0 Å². The monoisotopic (exact) mass is 532 g/mol. The maximum atomic E-state index is 14.6. The van der Waals surface area contributed by atoms with Crippen molar-refractivity contribution in [3.8, 4) is 11.6 Å². The number of rotatable bonds is 10. The second-order valence-electron chi connectivity index (χ2n) is 9.28. The lowest BCUT2D eigenvalue weighted by Gasteiger charge is -2.21. The van der Waals surface area contributed by atoms with Crippen molar-refractivity contribution in [2.45, 2.75) is 31.8 Å². The lowest BCUT2D eigenvalue weighted by Crippen LogP contribution is -2.32. The van der Waals surface area contributed by atoms with Gasteiger partial charge in [-0.1, -0.05) is 0 Å². The predicted octanol–water partition coefficient (Wildman–Crippen LogP) is -0.121. The van der Waals surface area contributed by atoms with E-state index in [2.05, 4.69) is 30.9 Å². The number of aromatic nitrogens is 2. The van der Waals surface area contributed by atoms with Gasteiger partial charge in [-0.25, -0.2) is 19.8 Å². The number of halogens is 1. The third-order valence-electron chi connectivity index (χ3n) is 6.52. The van der Waals surface area contributed by atoms with Gasteiger partial charge in [-0.3, -0.25) is 14.4 Å². The maximum Gasteiger partial charge on any atom is 0.281 e. The van der Waals surface area contributed by atoms with Gasteiger partial charge in [0.2, 0.25) is 6.41 Å². The maximum absolute atomic E-state index is 14.6. The number of hydrogen-bond acceptors (Lipinski definition) is 11. The van der Waals surface area contributed by atoms with Crippen molar-refractivity contribution in [1.82, 2.24) is 20.8 Å². The van der Waals surface area contributed by atoms with Crippen LogP contribution >= 0.6 is 0 Å². The Kier molecular flexibility index (Phi) is 7.83. The van der Waals surface area contributed by atoms with Gasteiger partial charge in [0.25, 0.3) is 17.7 Å². The quantitative estimate of drug-likeness (QED) is 0.239. The molecule has 0 saturated carbocycles. The summed E-state index contributed by atoms with van der Waals surface area (Å²) in [5.74, 6) is 0.220. The molecule has 3 aliphatic rings. The molecule has 1 aliphatic carbocycles. The molecular formula is C24H29FN6O7. The van der Waals surface area contributed by atoms with Gasteiger partial charge in [-0.15, -0.1) is 0 Å². The molecule has 2 amide bonds. The molecule has 5 rings (SSSR count). The summed E-state index contributed by atoms with van der Waals surface area (Å²) in [6.45, 7) is 1.35. The van der Waals surface area contributed by atoms with Gasteiger partial charge < -0.3 is 34.9 Å². The van der Waals surface area contributed by atoms with E-state index in [1.807, 2.05) is 0 Å². The minimum Gasteiger partial charge on any atom is -0.484 e. The van der Waals surface area contributed by atoms with Crippen molar-refractivity contribution < 1.29 is 38.1 Å². The molecule has 3 heterocycles. The van der Waals surface area contributed by atoms with Crippen LogP contribution in [0, 0.1) is 11.7 Å². The number of ether oxygens (including phenoxy) is 3. The highest BCUT2D eigenvalue weighted by Gasteiger charge is 2.33. The fourth-order valence-electron chi connectivity index (χ4n) is 4.80. The van der Waals surface area contributed by atoms with E-state index in [-0.39, 0.29) is 48.7 Å². The van der Waals surface area contributed by atoms with Gasteiger partial charge in [0.15, 0.2) is 24.8 Å². The summed E-state index contributed by atoms with van der Waals surface area (Å²) in [4.78, 5) is 37.6. The highest BCUT2D eigenvalue weighted by atomic mass is 19.1. The Morgan fingerprint density at radius 3 is 3.08 bits per heavy atom. The normalized spacial score (nSPS) is 21.9. The van der Waals surface area contributed by atoms with E-state index in [0.29, 0.717) is 56.0 Å². The molecule has 0 bridgehead atoms. The first-order valence-corrected chi connectivity index (χ1v) is 12.3. The number of carbonyl (C=O) groups excluding carboxylic acids is 2. The van der Waals surface area contributed by atoms with Crippen LogP contribution in [-0.2, 0) is 32.0 Å². The van der Waals surface area contributed by atoms with Gasteiger partial charge >= 0.3 is 0 Å². The van der Waals surface area contributed by atoms with Crippen LogP contribution in [-0.4, -0.2) is 79.4 Å². The molecule has 1 fully saturated rings. The van der Waals surface area contributed by atoms with Gasteiger partial charge in [-0.2, -0.15) is 0 Å². The van der Waals surface area contributed by atoms with Crippen molar-refractivity contribution in [1.29, 1.82) is 0 Å². The molecule has 3 atom stereocenters. The number of carbonyl (C=O) groups is 2. The number of benzene rings is 1. The van der Waals surface area contributed by atoms with E-state index in [1.165, 1.54) is 19.4 Å². The van der Waals surface area contributed by atoms with Gasteiger partial charge in [0.05, 0.1) is 26.0 Å². The zero-order chi connectivity index (χ0) is 26.6. The number of aliphatic hydroxyl groups excluding tert-OH is 1. The lowest BCUT2D eigenvalue weighted by atomic mass is 10.1. The van der Waals surface area contributed by atoms with Crippen LogP contribution in [0.1, 0.15) is 17.5 Å². The van der Waals surface area contributed by atoms with Gasteiger partial charge in [-0.05, 0) is 55.5 Å². The smallest absolute Gasteiger partial charge is 0.281 e. The average Bonchev–Trinajstić information content (AvgIpc) is 3.48. The average molecular weight is 533 g/mol. The molecule has 14 heteroatoms. The minimum absolute atomic E-state index is 0.113. The number of nitrogens with one attached hydrogen (secondary N) is 3. The van der Waals surface area contributed by atoms with Crippen LogP contribution in [0.15, 0.2) is 18.3 Å². The van der Waals surface area contributed by atoms with Gasteiger partial charge in [0, 0.05) is 6.07 Å². The van der Waals surface area contributed by atoms with Crippen LogP contribution in [0.3, 0.4) is 0 Å². The molecule has 204 valence electrons. The Bertz CT molecular complexity index is 1200. The number of hydrogen-bond donors (Lipinski definition) is 4. The van der Waals surface area contributed by atoms with Crippen LogP contribution in [0.25, 0.3) is 0 Å². The standard InChI is InChI=1S/C24H29FN6O7/c1-35-30-21(33)12-36-16-6-14-4-13(5-17(14)18(25)7-16)8-26-3-2-15-10-31(24(34)38-15)19-9-27-23-22(28-19)29-20(32)11-37-23/h6-7,9,13,15,24,26,34H,2-5,8,10-12H2,1H3,(H,30,33)(H,28,29,32). The fraction of sp³-hybridized carbons (Fsp3) is 0.500. The van der Waals surface area contributed by atoms with E-state index < -0.39 is 12.3 Å². The number of fused-ring (bicyclic) bond motifs is 2. The lowest BCUT2D eigenvalue weighted by molar-refractivity contribution is -0.133. The number of hydroxylamine groups is 1. The van der Waals surface area contributed by atoms with Crippen molar-refractivity contribution >= 4 is 23.5 Å². The van der Waals surface area contributed by atoms with E-state index in [4.69, 9.17) is 14.2 Å². The van der Waals surface area contributed by atoms with Crippen molar-refractivity contribution in [3.05, 3.63) is 35.3 Å². The van der Waals surface area contributed by atoms with Crippen LogP contribution in [0.2, 0.25) is 0 Å².